The molecule has 0 bridgehead atoms. The maximum atomic E-state index is 6.40. The van der Waals surface area contributed by atoms with Crippen LogP contribution in [0.2, 0.25) is 5.02 Å². The Hall–Kier alpha value is -0.930. The van der Waals surface area contributed by atoms with E-state index < -0.39 is 0 Å². The molecule has 1 aliphatic carbocycles. The van der Waals surface area contributed by atoms with Crippen LogP contribution in [0.15, 0.2) is 12.1 Å². The van der Waals surface area contributed by atoms with Crippen LogP contribution in [0.4, 0.5) is 0 Å². The van der Waals surface area contributed by atoms with Crippen molar-refractivity contribution in [1.82, 2.24) is 0 Å². The van der Waals surface area contributed by atoms with Gasteiger partial charge in [-0.15, -0.1) is 0 Å². The highest BCUT2D eigenvalue weighted by Crippen LogP contribution is 2.48. The summed E-state index contributed by atoms with van der Waals surface area (Å²) >= 11 is 6.40. The molecule has 0 spiro atoms. The first-order chi connectivity index (χ1) is 9.02. The molecule has 0 aromatic heterocycles. The van der Waals surface area contributed by atoms with Gasteiger partial charge >= 0.3 is 0 Å². The van der Waals surface area contributed by atoms with Gasteiger partial charge in [-0.05, 0) is 38.3 Å². The number of benzene rings is 1. The zero-order chi connectivity index (χ0) is 14.0. The molecule has 0 heterocycles. The van der Waals surface area contributed by atoms with Crippen LogP contribution in [0.3, 0.4) is 0 Å². The first-order valence-corrected chi connectivity index (χ1v) is 7.15. The lowest BCUT2D eigenvalue weighted by Crippen LogP contribution is -2.41. The van der Waals surface area contributed by atoms with Crippen molar-refractivity contribution in [1.29, 1.82) is 0 Å². The number of hydrogen-bond donors (Lipinski definition) is 1. The van der Waals surface area contributed by atoms with Crippen molar-refractivity contribution in [2.75, 3.05) is 13.7 Å². The second-order valence-electron chi connectivity index (χ2n) is 5.49. The minimum Gasteiger partial charge on any atom is -0.493 e. The lowest BCUT2D eigenvalue weighted by molar-refractivity contribution is 0.224. The molecule has 1 aliphatic rings. The lowest BCUT2D eigenvalue weighted by Gasteiger charge is -2.42. The van der Waals surface area contributed by atoms with Gasteiger partial charge in [0.15, 0.2) is 11.5 Å². The summed E-state index contributed by atoms with van der Waals surface area (Å²) in [5.74, 6) is 1.42. The average Bonchev–Trinajstić information content (AvgIpc) is 2.31. The number of hydrogen-bond acceptors (Lipinski definition) is 3. The Morgan fingerprint density at radius 3 is 2.42 bits per heavy atom. The molecule has 0 radical (unpaired) electrons. The fraction of sp³-hybridized carbons (Fsp3) is 0.600. The summed E-state index contributed by atoms with van der Waals surface area (Å²) in [6.45, 7) is 4.62. The molecule has 1 aromatic rings. The Morgan fingerprint density at radius 1 is 1.32 bits per heavy atom. The number of nitrogens with two attached hydrogens (primary N) is 1. The van der Waals surface area contributed by atoms with Gasteiger partial charge in [0.1, 0.15) is 0 Å². The van der Waals surface area contributed by atoms with Crippen molar-refractivity contribution >= 4 is 11.6 Å². The quantitative estimate of drug-likeness (QED) is 0.899. The standard InChI is InChI=1S/C15H22ClNO2/c1-10(2)19-14-7-11(12(16)8-13(14)18-3)15(9-17)5-4-6-15/h7-8,10H,4-6,9,17H2,1-3H3. The predicted molar refractivity (Wildman–Crippen MR) is 78.4 cm³/mol. The van der Waals surface area contributed by atoms with Gasteiger partial charge in [0.25, 0.3) is 0 Å². The number of methoxy groups -OCH3 is 1. The number of rotatable bonds is 5. The van der Waals surface area contributed by atoms with Gasteiger partial charge < -0.3 is 15.2 Å². The van der Waals surface area contributed by atoms with E-state index in [1.54, 1.807) is 7.11 Å². The second kappa shape index (κ2) is 5.59. The van der Waals surface area contributed by atoms with E-state index >= 15 is 0 Å². The monoisotopic (exact) mass is 283 g/mol. The molecular formula is C15H22ClNO2. The molecule has 0 atom stereocenters. The van der Waals surface area contributed by atoms with Gasteiger partial charge in [0, 0.05) is 23.0 Å². The third-order valence-corrected chi connectivity index (χ3v) is 4.20. The Kier molecular flexibility index (Phi) is 4.26. The number of halogens is 1. The molecule has 1 fully saturated rings. The van der Waals surface area contributed by atoms with Gasteiger partial charge in [-0.2, -0.15) is 0 Å². The fourth-order valence-electron chi connectivity index (χ4n) is 2.63. The summed E-state index contributed by atoms with van der Waals surface area (Å²) < 4.78 is 11.2. The minimum atomic E-state index is 0.0262. The second-order valence-corrected chi connectivity index (χ2v) is 5.89. The van der Waals surface area contributed by atoms with E-state index in [0.29, 0.717) is 12.3 Å². The SMILES string of the molecule is COc1cc(Cl)c(C2(CN)CCC2)cc1OC(C)C. The molecule has 19 heavy (non-hydrogen) atoms. The summed E-state index contributed by atoms with van der Waals surface area (Å²) in [6.07, 6.45) is 3.49. The third-order valence-electron chi connectivity index (χ3n) is 3.89. The predicted octanol–water partition coefficient (Wildman–Crippen LogP) is 3.52. The Bertz CT molecular complexity index is 450. The summed E-state index contributed by atoms with van der Waals surface area (Å²) in [4.78, 5) is 0. The van der Waals surface area contributed by atoms with E-state index in [9.17, 15) is 0 Å². The maximum Gasteiger partial charge on any atom is 0.162 e. The van der Waals surface area contributed by atoms with Crippen molar-refractivity contribution in [3.8, 4) is 11.5 Å². The fourth-order valence-corrected chi connectivity index (χ4v) is 2.99. The minimum absolute atomic E-state index is 0.0262. The Labute approximate surface area is 120 Å². The van der Waals surface area contributed by atoms with Gasteiger partial charge in [-0.1, -0.05) is 18.0 Å². The summed E-state index contributed by atoms with van der Waals surface area (Å²) in [6, 6.07) is 3.84. The van der Waals surface area contributed by atoms with Crippen LogP contribution in [0.5, 0.6) is 11.5 Å². The molecule has 1 saturated carbocycles. The first-order valence-electron chi connectivity index (χ1n) is 6.77. The maximum absolute atomic E-state index is 6.40. The molecule has 0 aliphatic heterocycles. The molecule has 4 heteroatoms. The lowest BCUT2D eigenvalue weighted by atomic mass is 9.64. The zero-order valence-corrected chi connectivity index (χ0v) is 12.6. The zero-order valence-electron chi connectivity index (χ0n) is 11.8. The van der Waals surface area contributed by atoms with Gasteiger partial charge in [-0.25, -0.2) is 0 Å². The van der Waals surface area contributed by atoms with Crippen LogP contribution < -0.4 is 15.2 Å². The van der Waals surface area contributed by atoms with Gasteiger partial charge in [0.2, 0.25) is 0 Å². The van der Waals surface area contributed by atoms with Crippen molar-refractivity contribution in [3.05, 3.63) is 22.7 Å². The molecule has 0 amide bonds. The van der Waals surface area contributed by atoms with E-state index in [-0.39, 0.29) is 11.5 Å². The largest absolute Gasteiger partial charge is 0.493 e. The van der Waals surface area contributed by atoms with Crippen LogP contribution in [-0.2, 0) is 5.41 Å². The van der Waals surface area contributed by atoms with Crippen molar-refractivity contribution < 1.29 is 9.47 Å². The van der Waals surface area contributed by atoms with Gasteiger partial charge in [0.05, 0.1) is 13.2 Å². The summed E-state index contributed by atoms with van der Waals surface area (Å²) in [7, 11) is 1.63. The van der Waals surface area contributed by atoms with Crippen LogP contribution >= 0.6 is 11.6 Å². The highest BCUT2D eigenvalue weighted by Gasteiger charge is 2.39. The molecule has 2 N–H and O–H groups in total. The van der Waals surface area contributed by atoms with Crippen LogP contribution in [0, 0.1) is 0 Å². The third kappa shape index (κ3) is 2.67. The van der Waals surface area contributed by atoms with E-state index in [1.807, 2.05) is 26.0 Å². The van der Waals surface area contributed by atoms with Gasteiger partial charge in [-0.3, -0.25) is 0 Å². The van der Waals surface area contributed by atoms with Crippen LogP contribution in [-0.4, -0.2) is 19.8 Å². The molecule has 3 nitrogen and oxygen atoms in total. The van der Waals surface area contributed by atoms with Crippen molar-refractivity contribution in [2.45, 2.75) is 44.6 Å². The normalized spacial score (nSPS) is 17.2. The van der Waals surface area contributed by atoms with E-state index in [1.165, 1.54) is 6.42 Å². The molecular weight excluding hydrogens is 262 g/mol. The molecule has 1 aromatic carbocycles. The summed E-state index contributed by atoms with van der Waals surface area (Å²) in [5, 5.41) is 0.720. The molecule has 0 saturated heterocycles. The van der Waals surface area contributed by atoms with E-state index in [4.69, 9.17) is 26.8 Å². The highest BCUT2D eigenvalue weighted by molar-refractivity contribution is 6.31. The van der Waals surface area contributed by atoms with E-state index in [0.717, 1.165) is 29.2 Å². The number of ether oxygens (including phenoxy) is 2. The smallest absolute Gasteiger partial charge is 0.162 e. The average molecular weight is 284 g/mol. The first kappa shape index (κ1) is 14.5. The van der Waals surface area contributed by atoms with Crippen LogP contribution in [0.1, 0.15) is 38.7 Å². The Balaban J connectivity index is 2.44. The Morgan fingerprint density at radius 2 is 2.00 bits per heavy atom. The highest BCUT2D eigenvalue weighted by atomic mass is 35.5. The van der Waals surface area contributed by atoms with Crippen molar-refractivity contribution in [3.63, 3.8) is 0 Å². The van der Waals surface area contributed by atoms with E-state index in [2.05, 4.69) is 0 Å². The summed E-state index contributed by atoms with van der Waals surface area (Å²) in [5.41, 5.74) is 7.08. The molecule has 0 unspecified atom stereocenters. The topological polar surface area (TPSA) is 44.5 Å². The van der Waals surface area contributed by atoms with Crippen molar-refractivity contribution in [2.24, 2.45) is 5.73 Å². The molecule has 106 valence electrons. The molecule has 2 rings (SSSR count). The van der Waals surface area contributed by atoms with Crippen LogP contribution in [0.25, 0.3) is 0 Å².